The largest absolute Gasteiger partial charge is 0.497 e. The van der Waals surface area contributed by atoms with Gasteiger partial charge in [0.15, 0.2) is 0 Å². The van der Waals surface area contributed by atoms with Crippen LogP contribution in [0.15, 0.2) is 18.2 Å². The topological polar surface area (TPSA) is 38.7 Å². The lowest BCUT2D eigenvalue weighted by Gasteiger charge is -2.17. The van der Waals surface area contributed by atoms with E-state index in [1.54, 1.807) is 14.2 Å². The van der Waals surface area contributed by atoms with E-state index >= 15 is 0 Å². The van der Waals surface area contributed by atoms with Crippen molar-refractivity contribution < 1.29 is 14.6 Å². The number of aliphatic hydroxyl groups is 1. The molecular weight excluding hydrogens is 216 g/mol. The van der Waals surface area contributed by atoms with Crippen LogP contribution in [0.2, 0.25) is 0 Å². The van der Waals surface area contributed by atoms with Gasteiger partial charge in [-0.25, -0.2) is 0 Å². The molecule has 0 spiro atoms. The molecule has 1 N–H and O–H groups in total. The molecule has 3 nitrogen and oxygen atoms in total. The maximum atomic E-state index is 10.7. The zero-order chi connectivity index (χ0) is 12.0. The molecule has 92 valence electrons. The van der Waals surface area contributed by atoms with Crippen LogP contribution in [-0.4, -0.2) is 19.3 Å². The van der Waals surface area contributed by atoms with Gasteiger partial charge in [-0.15, -0.1) is 0 Å². The zero-order valence-corrected chi connectivity index (χ0v) is 10.3. The molecule has 0 bridgehead atoms. The highest BCUT2D eigenvalue weighted by Gasteiger charge is 2.66. The summed E-state index contributed by atoms with van der Waals surface area (Å²) in [5.74, 6) is 2.38. The highest BCUT2D eigenvalue weighted by atomic mass is 16.5. The van der Waals surface area contributed by atoms with E-state index in [2.05, 4.69) is 0 Å². The number of fused-ring (bicyclic) bond motifs is 1. The Balaban J connectivity index is 1.98. The summed E-state index contributed by atoms with van der Waals surface area (Å²) >= 11 is 0. The molecule has 0 aliphatic heterocycles. The summed E-state index contributed by atoms with van der Waals surface area (Å²) < 4.78 is 10.5. The van der Waals surface area contributed by atoms with Crippen LogP contribution >= 0.6 is 0 Å². The second-order valence-corrected chi connectivity index (χ2v) is 5.07. The predicted molar refractivity (Wildman–Crippen MR) is 64.3 cm³/mol. The molecule has 0 amide bonds. The van der Waals surface area contributed by atoms with Gasteiger partial charge < -0.3 is 14.6 Å². The SMILES string of the molecule is COc1cc(OC)cc(C2(O)C3CCCC32)c1. The maximum Gasteiger partial charge on any atom is 0.122 e. The molecule has 2 saturated carbocycles. The Labute approximate surface area is 101 Å². The van der Waals surface area contributed by atoms with Gasteiger partial charge in [-0.2, -0.15) is 0 Å². The van der Waals surface area contributed by atoms with E-state index in [0.29, 0.717) is 11.8 Å². The molecule has 3 heteroatoms. The van der Waals surface area contributed by atoms with Crippen LogP contribution in [-0.2, 0) is 5.60 Å². The average molecular weight is 234 g/mol. The molecule has 2 unspecified atom stereocenters. The van der Waals surface area contributed by atoms with Crippen LogP contribution in [0.3, 0.4) is 0 Å². The standard InChI is InChI=1S/C14H18O3/c1-16-10-6-9(7-11(8-10)17-2)14(15)12-4-3-5-13(12)14/h6-8,12-13,15H,3-5H2,1-2H3. The second kappa shape index (κ2) is 3.64. The molecule has 0 aromatic heterocycles. The van der Waals surface area contributed by atoms with Gasteiger partial charge in [0.1, 0.15) is 11.5 Å². The first-order chi connectivity index (χ1) is 8.20. The number of benzene rings is 1. The smallest absolute Gasteiger partial charge is 0.122 e. The highest BCUT2D eigenvalue weighted by molar-refractivity contribution is 5.45. The van der Waals surface area contributed by atoms with Crippen LogP contribution in [0, 0.1) is 11.8 Å². The third kappa shape index (κ3) is 1.45. The zero-order valence-electron chi connectivity index (χ0n) is 10.3. The fraction of sp³-hybridized carbons (Fsp3) is 0.571. The summed E-state index contributed by atoms with van der Waals surface area (Å²) in [5.41, 5.74) is 0.323. The summed E-state index contributed by atoms with van der Waals surface area (Å²) in [6, 6.07) is 5.70. The first kappa shape index (κ1) is 10.9. The van der Waals surface area contributed by atoms with Crippen LogP contribution in [0.25, 0.3) is 0 Å². The number of rotatable bonds is 3. The minimum absolute atomic E-state index is 0.444. The van der Waals surface area contributed by atoms with Gasteiger partial charge in [-0.3, -0.25) is 0 Å². The van der Waals surface area contributed by atoms with Crippen molar-refractivity contribution in [2.45, 2.75) is 24.9 Å². The van der Waals surface area contributed by atoms with Crippen LogP contribution in [0.5, 0.6) is 11.5 Å². The van der Waals surface area contributed by atoms with Crippen molar-refractivity contribution in [3.05, 3.63) is 23.8 Å². The average Bonchev–Trinajstić information content (AvgIpc) is 2.78. The van der Waals surface area contributed by atoms with Crippen molar-refractivity contribution >= 4 is 0 Å². The van der Waals surface area contributed by atoms with Crippen LogP contribution < -0.4 is 9.47 Å². The third-order valence-electron chi connectivity index (χ3n) is 4.35. The number of methoxy groups -OCH3 is 2. The molecule has 1 aromatic rings. The van der Waals surface area contributed by atoms with Gasteiger partial charge >= 0.3 is 0 Å². The molecule has 2 fully saturated rings. The van der Waals surface area contributed by atoms with Gasteiger partial charge in [0.2, 0.25) is 0 Å². The Kier molecular flexibility index (Phi) is 2.33. The molecule has 1 aromatic carbocycles. The molecule has 0 radical (unpaired) electrons. The third-order valence-corrected chi connectivity index (χ3v) is 4.35. The first-order valence-electron chi connectivity index (χ1n) is 6.16. The van der Waals surface area contributed by atoms with Gasteiger partial charge in [0.05, 0.1) is 19.8 Å². The normalized spacial score (nSPS) is 34.3. The molecular formula is C14H18O3. The number of hydrogen-bond acceptors (Lipinski definition) is 3. The Bertz CT molecular complexity index is 409. The van der Waals surface area contributed by atoms with Crippen molar-refractivity contribution in [2.75, 3.05) is 14.2 Å². The summed E-state index contributed by atoms with van der Waals surface area (Å²) in [6.07, 6.45) is 3.53. The fourth-order valence-electron chi connectivity index (χ4n) is 3.39. The molecule has 2 aliphatic rings. The van der Waals surface area contributed by atoms with Crippen molar-refractivity contribution in [1.29, 1.82) is 0 Å². The minimum Gasteiger partial charge on any atom is -0.497 e. The predicted octanol–water partition coefficient (Wildman–Crippen LogP) is 2.32. The van der Waals surface area contributed by atoms with Crippen molar-refractivity contribution in [3.8, 4) is 11.5 Å². The summed E-state index contributed by atoms with van der Waals surface area (Å²) in [5, 5.41) is 10.7. The molecule has 0 heterocycles. The summed E-state index contributed by atoms with van der Waals surface area (Å²) in [7, 11) is 3.27. The second-order valence-electron chi connectivity index (χ2n) is 5.07. The van der Waals surface area contributed by atoms with E-state index in [9.17, 15) is 5.11 Å². The lowest BCUT2D eigenvalue weighted by atomic mass is 9.98. The molecule has 2 aliphatic carbocycles. The maximum absolute atomic E-state index is 10.7. The molecule has 2 atom stereocenters. The lowest BCUT2D eigenvalue weighted by molar-refractivity contribution is 0.105. The number of ether oxygens (including phenoxy) is 2. The van der Waals surface area contributed by atoms with E-state index < -0.39 is 5.60 Å². The minimum atomic E-state index is -0.625. The van der Waals surface area contributed by atoms with E-state index in [-0.39, 0.29) is 0 Å². The summed E-state index contributed by atoms with van der Waals surface area (Å²) in [6.45, 7) is 0. The Morgan fingerprint density at radius 3 is 2.06 bits per heavy atom. The Morgan fingerprint density at radius 1 is 1.06 bits per heavy atom. The van der Waals surface area contributed by atoms with E-state index in [4.69, 9.17) is 9.47 Å². The lowest BCUT2D eigenvalue weighted by Crippen LogP contribution is -2.13. The molecule has 3 rings (SSSR count). The van der Waals surface area contributed by atoms with E-state index in [1.807, 2.05) is 18.2 Å². The number of hydrogen-bond donors (Lipinski definition) is 1. The van der Waals surface area contributed by atoms with E-state index in [1.165, 1.54) is 6.42 Å². The summed E-state index contributed by atoms with van der Waals surface area (Å²) in [4.78, 5) is 0. The monoisotopic (exact) mass is 234 g/mol. The van der Waals surface area contributed by atoms with Crippen molar-refractivity contribution in [2.24, 2.45) is 11.8 Å². The highest BCUT2D eigenvalue weighted by Crippen LogP contribution is 2.66. The van der Waals surface area contributed by atoms with Gasteiger partial charge in [0.25, 0.3) is 0 Å². The Morgan fingerprint density at radius 2 is 1.59 bits per heavy atom. The van der Waals surface area contributed by atoms with Gasteiger partial charge in [0, 0.05) is 6.07 Å². The molecule has 0 saturated heterocycles. The van der Waals surface area contributed by atoms with Gasteiger partial charge in [-0.1, -0.05) is 6.42 Å². The first-order valence-corrected chi connectivity index (χ1v) is 6.16. The van der Waals surface area contributed by atoms with Crippen LogP contribution in [0.1, 0.15) is 24.8 Å². The van der Waals surface area contributed by atoms with Gasteiger partial charge in [-0.05, 0) is 42.4 Å². The fourth-order valence-corrected chi connectivity index (χ4v) is 3.39. The quantitative estimate of drug-likeness (QED) is 0.872. The van der Waals surface area contributed by atoms with Crippen molar-refractivity contribution in [1.82, 2.24) is 0 Å². The van der Waals surface area contributed by atoms with E-state index in [0.717, 1.165) is 29.9 Å². The van der Waals surface area contributed by atoms with Crippen molar-refractivity contribution in [3.63, 3.8) is 0 Å². The Hall–Kier alpha value is -1.22. The van der Waals surface area contributed by atoms with Crippen LogP contribution in [0.4, 0.5) is 0 Å². The molecule has 17 heavy (non-hydrogen) atoms.